The Labute approximate surface area is 206 Å². The Hall–Kier alpha value is -3.10. The molecular weight excluding hydrogens is 446 g/mol. The van der Waals surface area contributed by atoms with Gasteiger partial charge in [0.05, 0.1) is 7.11 Å². The van der Waals surface area contributed by atoms with Crippen LogP contribution >= 0.6 is 11.3 Å². The molecular formula is C26H35N5O2S. The van der Waals surface area contributed by atoms with E-state index in [1.54, 1.807) is 31.4 Å². The number of benzene rings is 2. The number of ether oxygens (including phenoxy) is 1. The summed E-state index contributed by atoms with van der Waals surface area (Å²) in [6.45, 7) is 10.7. The normalized spacial score (nSPS) is 13.9. The van der Waals surface area contributed by atoms with Gasteiger partial charge in [-0.25, -0.2) is 4.98 Å². The third-order valence-corrected chi connectivity index (χ3v) is 6.18. The molecule has 2 aromatic carbocycles. The number of ketones is 1. The number of hydrogen-bond acceptors (Lipinski definition) is 8. The van der Waals surface area contributed by atoms with E-state index in [1.165, 1.54) is 17.0 Å². The topological polar surface area (TPSA) is 83.7 Å². The molecule has 2 heterocycles. The smallest absolute Gasteiger partial charge is 0.206 e. The highest BCUT2D eigenvalue weighted by molar-refractivity contribution is 7.18. The number of piperazine rings is 1. The summed E-state index contributed by atoms with van der Waals surface area (Å²) in [7, 11) is 3.74. The maximum atomic E-state index is 12.8. The summed E-state index contributed by atoms with van der Waals surface area (Å²) in [5.74, 6) is 1.62. The molecule has 1 fully saturated rings. The quantitative estimate of drug-likeness (QED) is 0.473. The van der Waals surface area contributed by atoms with Crippen LogP contribution in [0.3, 0.4) is 0 Å². The molecule has 4 rings (SSSR count). The van der Waals surface area contributed by atoms with Crippen molar-refractivity contribution in [2.45, 2.75) is 20.8 Å². The Morgan fingerprint density at radius 2 is 1.62 bits per heavy atom. The van der Waals surface area contributed by atoms with Gasteiger partial charge in [-0.1, -0.05) is 32.1 Å². The van der Waals surface area contributed by atoms with Crippen molar-refractivity contribution in [3.8, 4) is 5.75 Å². The van der Waals surface area contributed by atoms with E-state index in [1.807, 2.05) is 12.1 Å². The van der Waals surface area contributed by atoms with Crippen LogP contribution < -0.4 is 20.7 Å². The lowest BCUT2D eigenvalue weighted by atomic mass is 10.1. The van der Waals surface area contributed by atoms with E-state index in [4.69, 9.17) is 10.5 Å². The summed E-state index contributed by atoms with van der Waals surface area (Å²) >= 11 is 1.26. The van der Waals surface area contributed by atoms with Crippen molar-refractivity contribution >= 4 is 39.4 Å². The lowest BCUT2D eigenvalue weighted by molar-refractivity contribution is 0.104. The number of aromatic nitrogens is 1. The van der Waals surface area contributed by atoms with E-state index >= 15 is 0 Å². The standard InChI is InChI=1S/C22H25N5O2S.C4H10/c1-26-11-13-27(14-12-26)17-7-5-16(6-8-17)24-22-25-21(23)20(30-22)19(28)15-3-9-18(29-2)10-4-15;1-4(2)3/h3-10H,11-14,23H2,1-2H3,(H,24,25);4H,1-3H3. The molecule has 0 amide bonds. The van der Waals surface area contributed by atoms with Crippen molar-refractivity contribution in [2.24, 2.45) is 5.92 Å². The minimum Gasteiger partial charge on any atom is -0.497 e. The van der Waals surface area contributed by atoms with E-state index in [-0.39, 0.29) is 11.6 Å². The van der Waals surface area contributed by atoms with E-state index in [0.717, 1.165) is 37.8 Å². The number of rotatable bonds is 6. The Morgan fingerprint density at radius 1 is 1.03 bits per heavy atom. The zero-order chi connectivity index (χ0) is 24.7. The number of nitrogen functional groups attached to an aromatic ring is 1. The summed E-state index contributed by atoms with van der Waals surface area (Å²) in [5.41, 5.74) is 8.69. The number of carbonyl (C=O) groups excluding carboxylic acids is 1. The molecule has 0 radical (unpaired) electrons. The molecule has 0 saturated carbocycles. The molecule has 7 nitrogen and oxygen atoms in total. The summed E-state index contributed by atoms with van der Waals surface area (Å²) in [6.07, 6.45) is 0. The molecule has 0 unspecified atom stereocenters. The number of nitrogens with two attached hydrogens (primary N) is 1. The summed E-state index contributed by atoms with van der Waals surface area (Å²) in [6, 6.07) is 15.2. The summed E-state index contributed by atoms with van der Waals surface area (Å²) < 4.78 is 5.14. The average Bonchev–Trinajstić information content (AvgIpc) is 3.19. The van der Waals surface area contributed by atoms with E-state index in [9.17, 15) is 4.79 Å². The second-order valence-corrected chi connectivity index (χ2v) is 9.98. The fraction of sp³-hybridized carbons (Fsp3) is 0.385. The maximum Gasteiger partial charge on any atom is 0.206 e. The first-order chi connectivity index (χ1) is 16.3. The number of methoxy groups -OCH3 is 1. The van der Waals surface area contributed by atoms with Crippen LogP contribution in [0.25, 0.3) is 0 Å². The molecule has 182 valence electrons. The fourth-order valence-electron chi connectivity index (χ4n) is 3.37. The highest BCUT2D eigenvalue weighted by atomic mass is 32.1. The molecule has 1 aliphatic rings. The number of anilines is 4. The second-order valence-electron chi connectivity index (χ2n) is 8.99. The van der Waals surface area contributed by atoms with Gasteiger partial charge in [-0.3, -0.25) is 4.79 Å². The van der Waals surface area contributed by atoms with Crippen LogP contribution in [0.1, 0.15) is 36.0 Å². The second kappa shape index (κ2) is 11.9. The van der Waals surface area contributed by atoms with Crippen LogP contribution in [-0.4, -0.2) is 56.0 Å². The maximum absolute atomic E-state index is 12.8. The van der Waals surface area contributed by atoms with Crippen molar-refractivity contribution in [2.75, 3.05) is 56.3 Å². The number of likely N-dealkylation sites (N-methyl/N-ethyl adjacent to an activating group) is 1. The Balaban J connectivity index is 0.000000751. The number of nitrogens with one attached hydrogen (secondary N) is 1. The lowest BCUT2D eigenvalue weighted by Crippen LogP contribution is -2.44. The molecule has 3 aromatic rings. The molecule has 34 heavy (non-hydrogen) atoms. The number of hydrogen-bond donors (Lipinski definition) is 2. The first kappa shape index (κ1) is 25.5. The largest absolute Gasteiger partial charge is 0.497 e. The van der Waals surface area contributed by atoms with Gasteiger partial charge in [0, 0.05) is 43.1 Å². The summed E-state index contributed by atoms with van der Waals surface area (Å²) in [4.78, 5) is 22.3. The van der Waals surface area contributed by atoms with Gasteiger partial charge in [-0.05, 0) is 61.5 Å². The Bertz CT molecular complexity index is 1050. The molecule has 0 spiro atoms. The van der Waals surface area contributed by atoms with Gasteiger partial charge in [-0.2, -0.15) is 0 Å². The zero-order valence-corrected chi connectivity index (χ0v) is 21.5. The lowest BCUT2D eigenvalue weighted by Gasteiger charge is -2.34. The Kier molecular flexibility index (Phi) is 8.90. The predicted molar refractivity (Wildman–Crippen MR) is 143 cm³/mol. The first-order valence-electron chi connectivity index (χ1n) is 11.5. The Morgan fingerprint density at radius 3 is 2.18 bits per heavy atom. The SMILES string of the molecule is CC(C)C.COc1ccc(C(=O)c2sc(Nc3ccc(N4CCN(C)CC4)cc3)nc2N)cc1. The first-order valence-corrected chi connectivity index (χ1v) is 12.3. The predicted octanol–water partition coefficient (Wildman–Crippen LogP) is 5.12. The van der Waals surface area contributed by atoms with Gasteiger partial charge in [-0.15, -0.1) is 0 Å². The molecule has 1 saturated heterocycles. The van der Waals surface area contributed by atoms with Crippen molar-refractivity contribution in [1.29, 1.82) is 0 Å². The van der Waals surface area contributed by atoms with Gasteiger partial charge in [0.1, 0.15) is 16.4 Å². The fourth-order valence-corrected chi connectivity index (χ4v) is 4.23. The number of carbonyl (C=O) groups is 1. The van der Waals surface area contributed by atoms with Crippen LogP contribution in [-0.2, 0) is 0 Å². The molecule has 0 bridgehead atoms. The highest BCUT2D eigenvalue weighted by Gasteiger charge is 2.19. The minimum absolute atomic E-state index is 0.147. The number of nitrogens with zero attached hydrogens (tertiary/aromatic N) is 3. The van der Waals surface area contributed by atoms with Crippen LogP contribution in [0.5, 0.6) is 5.75 Å². The van der Waals surface area contributed by atoms with Crippen LogP contribution in [0.2, 0.25) is 0 Å². The van der Waals surface area contributed by atoms with Gasteiger partial charge in [0.2, 0.25) is 5.78 Å². The van der Waals surface area contributed by atoms with E-state index < -0.39 is 0 Å². The van der Waals surface area contributed by atoms with E-state index in [2.05, 4.69) is 60.1 Å². The zero-order valence-electron chi connectivity index (χ0n) is 20.7. The van der Waals surface area contributed by atoms with Crippen LogP contribution in [0.15, 0.2) is 48.5 Å². The van der Waals surface area contributed by atoms with Gasteiger partial charge < -0.3 is 25.6 Å². The molecule has 1 aromatic heterocycles. The van der Waals surface area contributed by atoms with Crippen molar-refractivity contribution in [3.63, 3.8) is 0 Å². The van der Waals surface area contributed by atoms with Crippen molar-refractivity contribution in [1.82, 2.24) is 9.88 Å². The monoisotopic (exact) mass is 481 g/mol. The van der Waals surface area contributed by atoms with Crippen LogP contribution in [0.4, 0.5) is 22.3 Å². The average molecular weight is 482 g/mol. The van der Waals surface area contributed by atoms with Crippen molar-refractivity contribution in [3.05, 3.63) is 59.0 Å². The highest BCUT2D eigenvalue weighted by Crippen LogP contribution is 2.30. The van der Waals surface area contributed by atoms with Gasteiger partial charge >= 0.3 is 0 Å². The van der Waals surface area contributed by atoms with Gasteiger partial charge in [0.25, 0.3) is 0 Å². The van der Waals surface area contributed by atoms with E-state index in [0.29, 0.717) is 21.3 Å². The molecule has 0 aliphatic carbocycles. The molecule has 8 heteroatoms. The summed E-state index contributed by atoms with van der Waals surface area (Å²) in [5, 5.41) is 3.85. The molecule has 0 atom stereocenters. The van der Waals surface area contributed by atoms with Crippen molar-refractivity contribution < 1.29 is 9.53 Å². The minimum atomic E-state index is -0.147. The van der Waals surface area contributed by atoms with Gasteiger partial charge in [0.15, 0.2) is 5.13 Å². The molecule has 1 aliphatic heterocycles. The third-order valence-electron chi connectivity index (χ3n) is 5.20. The van der Waals surface area contributed by atoms with Crippen LogP contribution in [0, 0.1) is 5.92 Å². The third kappa shape index (κ3) is 6.95. The molecule has 3 N–H and O–H groups in total. The number of thiazole rings is 1.